The van der Waals surface area contributed by atoms with Crippen molar-refractivity contribution in [2.45, 2.75) is 32.9 Å². The van der Waals surface area contributed by atoms with E-state index in [0.29, 0.717) is 6.54 Å². The summed E-state index contributed by atoms with van der Waals surface area (Å²) < 4.78 is 0. The van der Waals surface area contributed by atoms with E-state index in [1.165, 1.54) is 11.6 Å². The van der Waals surface area contributed by atoms with Crippen LogP contribution in [0.2, 0.25) is 0 Å². The molecular formula is C20H27N3O2. The summed E-state index contributed by atoms with van der Waals surface area (Å²) in [4.78, 5) is 25.4. The van der Waals surface area contributed by atoms with Gasteiger partial charge in [0.1, 0.15) is 0 Å². The molecule has 0 radical (unpaired) electrons. The van der Waals surface area contributed by atoms with Crippen molar-refractivity contribution >= 4 is 11.8 Å². The van der Waals surface area contributed by atoms with Gasteiger partial charge in [-0.3, -0.25) is 14.5 Å². The molecule has 25 heavy (non-hydrogen) atoms. The highest BCUT2D eigenvalue weighted by Gasteiger charge is 2.23. The summed E-state index contributed by atoms with van der Waals surface area (Å²) in [7, 11) is 0. The number of primary amides is 1. The highest BCUT2D eigenvalue weighted by molar-refractivity contribution is 5.87. The highest BCUT2D eigenvalue weighted by Crippen LogP contribution is 2.18. The average Bonchev–Trinajstić information content (AvgIpc) is 2.61. The summed E-state index contributed by atoms with van der Waals surface area (Å²) >= 11 is 0. The van der Waals surface area contributed by atoms with Crippen molar-refractivity contribution < 1.29 is 9.59 Å². The molecule has 5 heteroatoms. The average molecular weight is 341 g/mol. The zero-order chi connectivity index (χ0) is 18.1. The monoisotopic (exact) mass is 341 g/mol. The van der Waals surface area contributed by atoms with Crippen LogP contribution in [0.4, 0.5) is 0 Å². The maximum atomic E-state index is 11.7. The molecule has 1 aliphatic heterocycles. The molecule has 0 saturated carbocycles. The van der Waals surface area contributed by atoms with Gasteiger partial charge in [-0.1, -0.05) is 42.5 Å². The molecule has 3 N–H and O–H groups in total. The van der Waals surface area contributed by atoms with Crippen molar-refractivity contribution in [1.82, 2.24) is 10.2 Å². The molecule has 1 aromatic rings. The van der Waals surface area contributed by atoms with Crippen molar-refractivity contribution in [3.63, 3.8) is 0 Å². The van der Waals surface area contributed by atoms with E-state index in [4.69, 9.17) is 5.73 Å². The summed E-state index contributed by atoms with van der Waals surface area (Å²) in [5.41, 5.74) is 7.69. The molecule has 2 rings (SSSR count). The van der Waals surface area contributed by atoms with Crippen molar-refractivity contribution in [1.29, 1.82) is 0 Å². The van der Waals surface area contributed by atoms with Crippen LogP contribution in [0.5, 0.6) is 0 Å². The first-order chi connectivity index (χ1) is 12.1. The number of piperidine rings is 1. The third kappa shape index (κ3) is 6.55. The molecule has 2 amide bonds. The minimum atomic E-state index is -0.202. The normalized spacial score (nSPS) is 18.7. The first kappa shape index (κ1) is 18.9. The van der Waals surface area contributed by atoms with Crippen LogP contribution in [0.1, 0.15) is 30.9 Å². The van der Waals surface area contributed by atoms with E-state index in [-0.39, 0.29) is 17.7 Å². The van der Waals surface area contributed by atoms with E-state index in [1.54, 1.807) is 6.08 Å². The van der Waals surface area contributed by atoms with Crippen LogP contribution < -0.4 is 11.1 Å². The summed E-state index contributed by atoms with van der Waals surface area (Å²) in [5, 5.41) is 2.88. The molecule has 1 heterocycles. The molecule has 5 nitrogen and oxygen atoms in total. The Balaban J connectivity index is 1.88. The minimum absolute atomic E-state index is 0.0415. The number of hydrogen-bond donors (Lipinski definition) is 2. The smallest absolute Gasteiger partial charge is 0.244 e. The standard InChI is InChI=1S/C20H27N3O2/c1-2-3-4-10-19(24)22-13-16-7-5-8-17(12-16)14-23-11-6-9-18(15-23)20(21)25/h2-5,7-8,10,12,18H,6,9,11,13-15H2,1H3,(H2,21,25)(H,22,24)/b3-2+,10-4+/t18-/m0/s1. The van der Waals surface area contributed by atoms with Gasteiger partial charge in [0, 0.05) is 25.7 Å². The van der Waals surface area contributed by atoms with Gasteiger partial charge in [-0.15, -0.1) is 0 Å². The Bertz CT molecular complexity index is 652. The number of hydrogen-bond acceptors (Lipinski definition) is 3. The second-order valence-electron chi connectivity index (χ2n) is 6.40. The molecule has 0 spiro atoms. The topological polar surface area (TPSA) is 75.4 Å². The summed E-state index contributed by atoms with van der Waals surface area (Å²) in [6, 6.07) is 8.18. The Morgan fingerprint density at radius 2 is 2.12 bits per heavy atom. The molecule has 1 aromatic carbocycles. The first-order valence-electron chi connectivity index (χ1n) is 8.75. The predicted octanol–water partition coefficient (Wildman–Crippen LogP) is 2.13. The molecule has 1 fully saturated rings. The lowest BCUT2D eigenvalue weighted by atomic mass is 9.97. The number of carbonyl (C=O) groups is 2. The number of allylic oxidation sites excluding steroid dienone is 3. The Kier molecular flexibility index (Phi) is 7.41. The van der Waals surface area contributed by atoms with E-state index >= 15 is 0 Å². The van der Waals surface area contributed by atoms with Crippen LogP contribution in [-0.4, -0.2) is 29.8 Å². The van der Waals surface area contributed by atoms with Crippen LogP contribution in [0.15, 0.2) is 48.6 Å². The van der Waals surface area contributed by atoms with Crippen LogP contribution in [0.25, 0.3) is 0 Å². The fourth-order valence-corrected chi connectivity index (χ4v) is 3.03. The number of nitrogens with zero attached hydrogens (tertiary/aromatic N) is 1. The molecule has 1 atom stereocenters. The van der Waals surface area contributed by atoms with Gasteiger partial charge in [-0.2, -0.15) is 0 Å². The number of benzene rings is 1. The van der Waals surface area contributed by atoms with Crippen molar-refractivity contribution in [3.8, 4) is 0 Å². The number of nitrogens with one attached hydrogen (secondary N) is 1. The van der Waals surface area contributed by atoms with E-state index in [1.807, 2.05) is 31.2 Å². The lowest BCUT2D eigenvalue weighted by Gasteiger charge is -2.31. The van der Waals surface area contributed by atoms with Gasteiger partial charge in [0.15, 0.2) is 0 Å². The van der Waals surface area contributed by atoms with Gasteiger partial charge >= 0.3 is 0 Å². The molecule has 0 bridgehead atoms. The van der Waals surface area contributed by atoms with Crippen molar-refractivity contribution in [2.75, 3.05) is 13.1 Å². The number of nitrogens with two attached hydrogens (primary N) is 1. The number of carbonyl (C=O) groups excluding carboxylic acids is 2. The summed E-state index contributed by atoms with van der Waals surface area (Å²) in [5.74, 6) is -0.351. The summed E-state index contributed by atoms with van der Waals surface area (Å²) in [6.45, 7) is 4.91. The third-order valence-electron chi connectivity index (χ3n) is 4.32. The Labute approximate surface area is 149 Å². The Hall–Kier alpha value is -2.40. The van der Waals surface area contributed by atoms with Gasteiger partial charge in [-0.05, 0) is 37.4 Å². The SMILES string of the molecule is C/C=C/C=C/C(=O)NCc1cccc(CN2CCC[C@H](C(N)=O)C2)c1. The summed E-state index contributed by atoms with van der Waals surface area (Å²) in [6.07, 6.45) is 8.81. The quantitative estimate of drug-likeness (QED) is 0.589. The molecule has 1 aliphatic rings. The van der Waals surface area contributed by atoms with Gasteiger partial charge in [0.05, 0.1) is 5.92 Å². The predicted molar refractivity (Wildman–Crippen MR) is 99.4 cm³/mol. The van der Waals surface area contributed by atoms with Crippen LogP contribution in [0, 0.1) is 5.92 Å². The van der Waals surface area contributed by atoms with Crippen LogP contribution in [-0.2, 0) is 22.7 Å². The van der Waals surface area contributed by atoms with Gasteiger partial charge in [0.2, 0.25) is 11.8 Å². The zero-order valence-electron chi connectivity index (χ0n) is 14.8. The Morgan fingerprint density at radius 1 is 1.32 bits per heavy atom. The van der Waals surface area contributed by atoms with E-state index in [2.05, 4.69) is 22.3 Å². The van der Waals surface area contributed by atoms with Crippen LogP contribution >= 0.6 is 0 Å². The first-order valence-corrected chi connectivity index (χ1v) is 8.75. The van der Waals surface area contributed by atoms with Crippen molar-refractivity contribution in [3.05, 3.63) is 59.7 Å². The highest BCUT2D eigenvalue weighted by atomic mass is 16.1. The molecule has 0 aliphatic carbocycles. The van der Waals surface area contributed by atoms with E-state index in [9.17, 15) is 9.59 Å². The second-order valence-corrected chi connectivity index (χ2v) is 6.40. The van der Waals surface area contributed by atoms with Gasteiger partial charge in [-0.25, -0.2) is 0 Å². The van der Waals surface area contributed by atoms with Gasteiger partial charge < -0.3 is 11.1 Å². The maximum Gasteiger partial charge on any atom is 0.244 e. The minimum Gasteiger partial charge on any atom is -0.369 e. The fourth-order valence-electron chi connectivity index (χ4n) is 3.03. The maximum absolute atomic E-state index is 11.7. The molecule has 134 valence electrons. The van der Waals surface area contributed by atoms with Crippen molar-refractivity contribution in [2.24, 2.45) is 11.7 Å². The number of rotatable bonds is 7. The fraction of sp³-hybridized carbons (Fsp3) is 0.400. The molecule has 0 aromatic heterocycles. The molecule has 1 saturated heterocycles. The second kappa shape index (κ2) is 9.79. The zero-order valence-corrected chi connectivity index (χ0v) is 14.8. The molecular weight excluding hydrogens is 314 g/mol. The van der Waals surface area contributed by atoms with Crippen LogP contribution in [0.3, 0.4) is 0 Å². The third-order valence-corrected chi connectivity index (χ3v) is 4.32. The number of likely N-dealkylation sites (tertiary alicyclic amines) is 1. The van der Waals surface area contributed by atoms with E-state index < -0.39 is 0 Å². The number of amides is 2. The lowest BCUT2D eigenvalue weighted by Crippen LogP contribution is -2.40. The molecule has 0 unspecified atom stereocenters. The Morgan fingerprint density at radius 3 is 2.88 bits per heavy atom. The lowest BCUT2D eigenvalue weighted by molar-refractivity contribution is -0.123. The van der Waals surface area contributed by atoms with E-state index in [0.717, 1.165) is 38.0 Å². The van der Waals surface area contributed by atoms with Gasteiger partial charge in [0.25, 0.3) is 0 Å². The largest absolute Gasteiger partial charge is 0.369 e.